The monoisotopic (exact) mass is 506 g/mol. The molecule has 3 aliphatic carbocycles. The van der Waals surface area contributed by atoms with Gasteiger partial charge in [0.1, 0.15) is 5.60 Å². The molecule has 0 amide bonds. The maximum atomic E-state index is 13.1. The Bertz CT molecular complexity index is 1180. The van der Waals surface area contributed by atoms with E-state index in [1.807, 2.05) is 0 Å². The third-order valence-electron chi connectivity index (χ3n) is 7.46. The molecule has 31 heavy (non-hydrogen) atoms. The van der Waals surface area contributed by atoms with Crippen molar-refractivity contribution in [1.82, 2.24) is 0 Å². The van der Waals surface area contributed by atoms with Gasteiger partial charge in [0.15, 0.2) is 0 Å². The molecule has 0 atom stereocenters. The molecule has 0 saturated carbocycles. The van der Waals surface area contributed by atoms with Crippen molar-refractivity contribution in [3.05, 3.63) is 92.5 Å². The van der Waals surface area contributed by atoms with E-state index in [-0.39, 0.29) is 5.41 Å². The van der Waals surface area contributed by atoms with Gasteiger partial charge in [-0.2, -0.15) is 0 Å². The highest BCUT2D eigenvalue weighted by atomic mass is 79.9. The van der Waals surface area contributed by atoms with E-state index < -0.39 is 21.7 Å². The maximum absolute atomic E-state index is 13.1. The molecule has 1 N–H and O–H groups in total. The molecule has 1 nitrogen and oxygen atoms in total. The summed E-state index contributed by atoms with van der Waals surface area (Å²) in [4.78, 5) is 0. The molecule has 3 aromatic rings. The molecule has 0 saturated heterocycles. The normalized spacial score (nSPS) is 23.9. The smallest absolute Gasteiger partial charge is 0.142 e. The van der Waals surface area contributed by atoms with Crippen LogP contribution in [0.25, 0.3) is 0 Å². The molecule has 3 aromatic carbocycles. The van der Waals surface area contributed by atoms with E-state index in [1.165, 1.54) is 27.1 Å². The van der Waals surface area contributed by atoms with Gasteiger partial charge in [-0.05, 0) is 40.8 Å². The molecule has 0 radical (unpaired) electrons. The van der Waals surface area contributed by atoms with Crippen LogP contribution in [0.4, 0.5) is 0 Å². The van der Waals surface area contributed by atoms with Gasteiger partial charge >= 0.3 is 0 Å². The minimum absolute atomic E-state index is 0.278. The lowest BCUT2D eigenvalue weighted by Crippen LogP contribution is -2.59. The van der Waals surface area contributed by atoms with Gasteiger partial charge in [0.05, 0.1) is 16.1 Å². The number of aliphatic hydroxyl groups is 1. The van der Waals surface area contributed by atoms with E-state index in [0.717, 1.165) is 21.2 Å². The molecule has 160 valence electrons. The minimum Gasteiger partial charge on any atom is -0.376 e. The van der Waals surface area contributed by atoms with E-state index in [0.29, 0.717) is 0 Å². The Kier molecular flexibility index (Phi) is 4.35. The topological polar surface area (TPSA) is 20.2 Å². The molecular weight excluding hydrogens is 476 g/mol. The van der Waals surface area contributed by atoms with Crippen LogP contribution in [0.3, 0.4) is 0 Å². The lowest BCUT2D eigenvalue weighted by Gasteiger charge is -2.56. The van der Waals surface area contributed by atoms with Crippen molar-refractivity contribution in [2.75, 3.05) is 0 Å². The predicted molar refractivity (Wildman–Crippen MR) is 141 cm³/mol. The molecule has 6 rings (SSSR count). The van der Waals surface area contributed by atoms with Crippen molar-refractivity contribution < 1.29 is 5.11 Å². The molecular formula is C27H31BrOSi2. The summed E-state index contributed by atoms with van der Waals surface area (Å²) in [5.74, 6) is 0. The zero-order valence-electron chi connectivity index (χ0n) is 19.5. The summed E-state index contributed by atoms with van der Waals surface area (Å²) in [6.07, 6.45) is 0. The van der Waals surface area contributed by atoms with Gasteiger partial charge in [0.25, 0.3) is 0 Å². The van der Waals surface area contributed by atoms with Crippen LogP contribution in [-0.4, -0.2) is 21.3 Å². The molecule has 3 aliphatic rings. The van der Waals surface area contributed by atoms with Gasteiger partial charge in [-0.15, -0.1) is 0 Å². The summed E-state index contributed by atoms with van der Waals surface area (Å²) in [6.45, 7) is 16.7. The molecule has 0 aliphatic heterocycles. The van der Waals surface area contributed by atoms with Crippen LogP contribution in [0.1, 0.15) is 40.3 Å². The Labute approximate surface area is 196 Å². The minimum atomic E-state index is -1.72. The first-order chi connectivity index (χ1) is 14.3. The quantitative estimate of drug-likeness (QED) is 0.435. The molecule has 4 heteroatoms. The summed E-state index contributed by atoms with van der Waals surface area (Å²) >= 11 is 3.86. The second-order valence-corrected chi connectivity index (χ2v) is 22.4. The van der Waals surface area contributed by atoms with Crippen LogP contribution in [0.5, 0.6) is 0 Å². The highest BCUT2D eigenvalue weighted by Crippen LogP contribution is 2.61. The first kappa shape index (κ1) is 21.4. The summed E-state index contributed by atoms with van der Waals surface area (Å²) < 4.78 is 1.01. The van der Waals surface area contributed by atoms with Crippen molar-refractivity contribution in [2.45, 2.75) is 57.2 Å². The average Bonchev–Trinajstić information content (AvgIpc) is 2.69. The SMILES string of the molecule is CC12c3cccc(Br)c3C(O)(c3c1cccc3[Si](C)(C)C)c1c2cccc1[Si](C)(C)C. The Morgan fingerprint density at radius 1 is 0.645 bits per heavy atom. The van der Waals surface area contributed by atoms with E-state index in [1.54, 1.807) is 0 Å². The third-order valence-corrected chi connectivity index (χ3v) is 12.2. The molecule has 0 aromatic heterocycles. The highest BCUT2D eigenvalue weighted by Gasteiger charge is 2.59. The highest BCUT2D eigenvalue weighted by molar-refractivity contribution is 9.10. The Balaban J connectivity index is 2.07. The van der Waals surface area contributed by atoms with Crippen LogP contribution in [0.2, 0.25) is 39.3 Å². The maximum Gasteiger partial charge on any atom is 0.142 e. The van der Waals surface area contributed by atoms with Crippen LogP contribution in [-0.2, 0) is 11.0 Å². The van der Waals surface area contributed by atoms with Crippen molar-refractivity contribution in [3.8, 4) is 0 Å². The van der Waals surface area contributed by atoms with Crippen LogP contribution in [0, 0.1) is 0 Å². The third kappa shape index (κ3) is 2.56. The van der Waals surface area contributed by atoms with E-state index in [2.05, 4.69) is 117 Å². The van der Waals surface area contributed by atoms with E-state index in [4.69, 9.17) is 0 Å². The predicted octanol–water partition coefficient (Wildman–Crippen LogP) is 5.80. The van der Waals surface area contributed by atoms with Gasteiger partial charge in [-0.25, -0.2) is 0 Å². The summed E-state index contributed by atoms with van der Waals surface area (Å²) in [6, 6.07) is 19.9. The zero-order chi connectivity index (χ0) is 22.6. The lowest BCUT2D eigenvalue weighted by atomic mass is 9.52. The fourth-order valence-electron chi connectivity index (χ4n) is 6.09. The number of rotatable bonds is 2. The van der Waals surface area contributed by atoms with Gasteiger partial charge in [0, 0.05) is 15.5 Å². The van der Waals surface area contributed by atoms with Crippen LogP contribution < -0.4 is 10.4 Å². The molecule has 2 bridgehead atoms. The second-order valence-electron chi connectivity index (χ2n) is 11.5. The van der Waals surface area contributed by atoms with Crippen molar-refractivity contribution in [1.29, 1.82) is 0 Å². The Morgan fingerprint density at radius 3 is 1.45 bits per heavy atom. The van der Waals surface area contributed by atoms with Gasteiger partial charge in [-0.1, -0.05) is 114 Å². The molecule has 0 spiro atoms. The number of hydrogen-bond acceptors (Lipinski definition) is 1. The second kappa shape index (κ2) is 6.31. The fourth-order valence-corrected chi connectivity index (χ4v) is 10.1. The average molecular weight is 508 g/mol. The van der Waals surface area contributed by atoms with Crippen LogP contribution in [0.15, 0.2) is 59.1 Å². The van der Waals surface area contributed by atoms with E-state index in [9.17, 15) is 5.11 Å². The van der Waals surface area contributed by atoms with Gasteiger partial charge in [-0.3, -0.25) is 0 Å². The van der Waals surface area contributed by atoms with Crippen molar-refractivity contribution in [2.24, 2.45) is 0 Å². The molecule has 0 unspecified atom stereocenters. The molecule has 0 heterocycles. The summed E-state index contributed by atoms with van der Waals surface area (Å²) in [5, 5.41) is 15.8. The number of hydrogen-bond donors (Lipinski definition) is 1. The van der Waals surface area contributed by atoms with Crippen LogP contribution >= 0.6 is 15.9 Å². The van der Waals surface area contributed by atoms with Crippen molar-refractivity contribution in [3.63, 3.8) is 0 Å². The van der Waals surface area contributed by atoms with Crippen molar-refractivity contribution >= 4 is 42.5 Å². The van der Waals surface area contributed by atoms with E-state index >= 15 is 0 Å². The zero-order valence-corrected chi connectivity index (χ0v) is 23.1. The molecule has 0 fully saturated rings. The first-order valence-electron chi connectivity index (χ1n) is 11.1. The Morgan fingerprint density at radius 2 is 1.03 bits per heavy atom. The summed E-state index contributed by atoms with van der Waals surface area (Å²) in [7, 11) is -3.43. The fraction of sp³-hybridized carbons (Fsp3) is 0.333. The number of benzene rings is 3. The van der Waals surface area contributed by atoms with Gasteiger partial charge < -0.3 is 5.11 Å². The standard InChI is InChI=1S/C27H31BrOSi2/c1-26-17-11-8-14-20(28)23(17)27(29,24-18(26)12-9-15-21(24)30(2,3)4)25-19(26)13-10-16-22(25)31(5,6)7/h8-16,29H,1-7H3. The largest absolute Gasteiger partial charge is 0.376 e. The van der Waals surface area contributed by atoms with Gasteiger partial charge in [0.2, 0.25) is 0 Å². The summed E-state index contributed by atoms with van der Waals surface area (Å²) in [5.41, 5.74) is 5.74. The first-order valence-corrected chi connectivity index (χ1v) is 18.9. The Hall–Kier alpha value is -1.47. The number of halogens is 1. The lowest BCUT2D eigenvalue weighted by molar-refractivity contribution is 0.109.